The van der Waals surface area contributed by atoms with Crippen molar-refractivity contribution in [2.24, 2.45) is 11.5 Å². The normalized spacial score (nSPS) is 16.4. The summed E-state index contributed by atoms with van der Waals surface area (Å²) in [6, 6.07) is -0.295. The van der Waals surface area contributed by atoms with Crippen LogP contribution in [0.4, 0.5) is 0 Å². The Balaban J connectivity index is -0.00000144. The number of hydrogen-bond donors (Lipinski definition) is 2. The van der Waals surface area contributed by atoms with Crippen LogP contribution in [0, 0.1) is 0 Å². The Bertz CT molecular complexity index is 253. The molecule has 20 heavy (non-hydrogen) atoms. The first-order chi connectivity index (χ1) is 8.41. The van der Waals surface area contributed by atoms with Crippen molar-refractivity contribution in [3.63, 3.8) is 0 Å². The Morgan fingerprint density at radius 3 is 1.40 bits per heavy atom. The van der Waals surface area contributed by atoms with Gasteiger partial charge in [0.2, 0.25) is 0 Å². The van der Waals surface area contributed by atoms with Crippen LogP contribution in [0.25, 0.3) is 0 Å². The van der Waals surface area contributed by atoms with E-state index in [1.54, 1.807) is 0 Å². The van der Waals surface area contributed by atoms with Crippen LogP contribution in [0.2, 0.25) is 0 Å². The maximum Gasteiger partial charge on any atom is 1.00 e. The topological polar surface area (TPSA) is 132 Å². The molecule has 6 nitrogen and oxygen atoms in total. The summed E-state index contributed by atoms with van der Waals surface area (Å²) in [4.78, 5) is 0. The fourth-order valence-corrected chi connectivity index (χ4v) is 4.42. The van der Waals surface area contributed by atoms with Crippen LogP contribution in [0.1, 0.15) is 12.8 Å². The van der Waals surface area contributed by atoms with Gasteiger partial charge in [0.25, 0.3) is 0 Å². The van der Waals surface area contributed by atoms with E-state index in [0.29, 0.717) is 24.3 Å². The third-order valence-electron chi connectivity index (χ3n) is 1.96. The maximum absolute atomic E-state index is 10.3. The Labute approximate surface area is 177 Å². The van der Waals surface area contributed by atoms with E-state index in [1.807, 2.05) is 0 Å². The zero-order chi connectivity index (χ0) is 14.0. The molecule has 0 aromatic rings. The second kappa shape index (κ2) is 18.2. The molecular formula is C8H18N2Na2O4S4. The minimum atomic E-state index is -2.03. The van der Waals surface area contributed by atoms with Crippen molar-refractivity contribution < 1.29 is 76.6 Å². The molecule has 4 atom stereocenters. The third kappa shape index (κ3) is 20.8. The first-order valence-corrected chi connectivity index (χ1v) is 10.3. The molecule has 0 aromatic heterocycles. The predicted molar refractivity (Wildman–Crippen MR) is 77.7 cm³/mol. The molecule has 0 rings (SSSR count). The van der Waals surface area contributed by atoms with Gasteiger partial charge in [0.15, 0.2) is 0 Å². The third-order valence-corrected chi connectivity index (χ3v) is 5.71. The first-order valence-electron chi connectivity index (χ1n) is 5.29. The fraction of sp³-hybridized carbons (Fsp3) is 1.00. The van der Waals surface area contributed by atoms with E-state index in [9.17, 15) is 17.5 Å². The Hall–Kier alpha value is 2.84. The average Bonchev–Trinajstić information content (AvgIpc) is 2.29. The van der Waals surface area contributed by atoms with Gasteiger partial charge in [-0.15, -0.1) is 0 Å². The molecule has 0 aliphatic rings. The summed E-state index contributed by atoms with van der Waals surface area (Å²) in [6.07, 6.45) is 0.899. The molecule has 0 saturated heterocycles. The molecule has 0 aromatic carbocycles. The van der Waals surface area contributed by atoms with Crippen LogP contribution in [0.5, 0.6) is 0 Å². The van der Waals surface area contributed by atoms with Crippen molar-refractivity contribution >= 4 is 43.7 Å². The number of rotatable bonds is 11. The van der Waals surface area contributed by atoms with E-state index in [1.165, 1.54) is 21.6 Å². The molecule has 4 N–H and O–H groups in total. The second-order valence-electron chi connectivity index (χ2n) is 3.68. The molecule has 0 radical (unpaired) electrons. The van der Waals surface area contributed by atoms with E-state index in [4.69, 9.17) is 11.5 Å². The zero-order valence-corrected chi connectivity index (χ0v) is 19.1. The molecule has 0 heterocycles. The van der Waals surface area contributed by atoms with Crippen molar-refractivity contribution in [3.05, 3.63) is 0 Å². The largest absolute Gasteiger partial charge is 1.00 e. The van der Waals surface area contributed by atoms with Crippen molar-refractivity contribution in [2.45, 2.75) is 24.9 Å². The van der Waals surface area contributed by atoms with Crippen molar-refractivity contribution in [1.82, 2.24) is 0 Å². The van der Waals surface area contributed by atoms with Crippen LogP contribution in [-0.4, -0.2) is 52.6 Å². The summed E-state index contributed by atoms with van der Waals surface area (Å²) in [5, 5.41) is 0. The second-order valence-corrected chi connectivity index (χ2v) is 8.27. The summed E-state index contributed by atoms with van der Waals surface area (Å²) in [6.45, 7) is 0. The zero-order valence-electron chi connectivity index (χ0n) is 11.8. The van der Waals surface area contributed by atoms with Crippen LogP contribution in [-0.2, 0) is 22.2 Å². The summed E-state index contributed by atoms with van der Waals surface area (Å²) in [5.41, 5.74) is 11.4. The summed E-state index contributed by atoms with van der Waals surface area (Å²) in [7, 11) is 3.06. The van der Waals surface area contributed by atoms with Crippen LogP contribution in [0.3, 0.4) is 0 Å². The number of hydrogen-bond acceptors (Lipinski definition) is 8. The molecule has 0 aliphatic carbocycles. The minimum absolute atomic E-state index is 0. The van der Waals surface area contributed by atoms with Gasteiger partial charge >= 0.3 is 59.1 Å². The summed E-state index contributed by atoms with van der Waals surface area (Å²) >= 11 is -4.07. The van der Waals surface area contributed by atoms with Gasteiger partial charge < -0.3 is 20.6 Å². The Kier molecular flexibility index (Phi) is 25.2. The molecule has 0 saturated carbocycles. The standard InChI is InChI=1S/C8H20N2O4S4.2Na/c9-7(1-3-17(11)12)5-15-16-6-8(10)2-4-18(13)14;;/h7-8H,1-6,9-10H2,(H,11,12)(H,13,14);;/q;2*+1/p-2/t7-,8-;;/m0../s1. The molecule has 2 unspecified atom stereocenters. The molecule has 0 bridgehead atoms. The molecule has 0 amide bonds. The van der Waals surface area contributed by atoms with Gasteiger partial charge in [0.1, 0.15) is 0 Å². The number of nitrogens with two attached hydrogens (primary N) is 2. The molecule has 0 aliphatic heterocycles. The van der Waals surface area contributed by atoms with E-state index in [0.717, 1.165) is 0 Å². The molecular weight excluding hydrogens is 362 g/mol. The fourth-order valence-electron chi connectivity index (χ4n) is 0.933. The van der Waals surface area contributed by atoms with Gasteiger partial charge in [-0.2, -0.15) is 0 Å². The van der Waals surface area contributed by atoms with Crippen molar-refractivity contribution in [2.75, 3.05) is 23.0 Å². The van der Waals surface area contributed by atoms with Gasteiger partial charge in [0.05, 0.1) is 0 Å². The molecule has 110 valence electrons. The van der Waals surface area contributed by atoms with Gasteiger partial charge in [-0.05, 0) is 12.8 Å². The molecule has 0 fully saturated rings. The smallest absolute Gasteiger partial charge is 0.772 e. The SMILES string of the molecule is N[C@@H](CCS(=O)[O-])CSSC[C@@H](N)CCS(=O)[O-].[Na+].[Na+]. The van der Waals surface area contributed by atoms with E-state index < -0.39 is 22.2 Å². The van der Waals surface area contributed by atoms with E-state index in [-0.39, 0.29) is 82.7 Å². The molecule has 0 spiro atoms. The van der Waals surface area contributed by atoms with Crippen LogP contribution >= 0.6 is 21.6 Å². The summed E-state index contributed by atoms with van der Waals surface area (Å²) < 4.78 is 41.3. The summed E-state index contributed by atoms with van der Waals surface area (Å²) in [5.74, 6) is 1.48. The van der Waals surface area contributed by atoms with E-state index >= 15 is 0 Å². The van der Waals surface area contributed by atoms with Crippen LogP contribution in [0.15, 0.2) is 0 Å². The van der Waals surface area contributed by atoms with Crippen molar-refractivity contribution in [3.8, 4) is 0 Å². The Morgan fingerprint density at radius 1 is 0.850 bits per heavy atom. The van der Waals surface area contributed by atoms with Crippen LogP contribution < -0.4 is 70.6 Å². The predicted octanol–water partition coefficient (Wildman–Crippen LogP) is -6.43. The quantitative estimate of drug-likeness (QED) is 0.157. The first kappa shape index (κ1) is 27.7. The van der Waals surface area contributed by atoms with Gasteiger partial charge in [-0.3, -0.25) is 8.42 Å². The molecule has 12 heteroatoms. The average molecular weight is 380 g/mol. The Morgan fingerprint density at radius 2 is 1.15 bits per heavy atom. The van der Waals surface area contributed by atoms with E-state index in [2.05, 4.69) is 0 Å². The van der Waals surface area contributed by atoms with Gasteiger partial charge in [0, 0.05) is 35.1 Å². The van der Waals surface area contributed by atoms with Gasteiger partial charge in [-0.1, -0.05) is 43.7 Å². The van der Waals surface area contributed by atoms with Crippen molar-refractivity contribution in [1.29, 1.82) is 0 Å². The monoisotopic (exact) mass is 380 g/mol. The maximum atomic E-state index is 10.3. The minimum Gasteiger partial charge on any atom is -0.772 e. The van der Waals surface area contributed by atoms with Gasteiger partial charge in [-0.25, -0.2) is 0 Å².